The van der Waals surface area contributed by atoms with Crippen LogP contribution in [0, 0.1) is 5.41 Å². The van der Waals surface area contributed by atoms with Crippen LogP contribution in [0.2, 0.25) is 0 Å². The van der Waals surface area contributed by atoms with Gasteiger partial charge in [-0.1, -0.05) is 13.8 Å². The van der Waals surface area contributed by atoms with Crippen molar-refractivity contribution in [3.8, 4) is 0 Å². The minimum absolute atomic E-state index is 0.330. The first-order chi connectivity index (χ1) is 6.66. The molecule has 14 heavy (non-hydrogen) atoms. The summed E-state index contributed by atoms with van der Waals surface area (Å²) in [4.78, 5) is 4.33. The van der Waals surface area contributed by atoms with Crippen molar-refractivity contribution in [2.45, 2.75) is 39.2 Å². The molecule has 0 spiro atoms. The number of aromatic nitrogens is 1. The Labute approximate surface area is 89.8 Å². The van der Waals surface area contributed by atoms with Gasteiger partial charge in [-0.2, -0.15) is 0 Å². The highest BCUT2D eigenvalue weighted by Gasteiger charge is 2.25. The molecule has 1 saturated carbocycles. The molecule has 1 aromatic heterocycles. The maximum Gasteiger partial charge on any atom is 0.0794 e. The van der Waals surface area contributed by atoms with E-state index in [1.807, 2.05) is 5.51 Å². The van der Waals surface area contributed by atoms with E-state index < -0.39 is 0 Å². The van der Waals surface area contributed by atoms with Gasteiger partial charge in [0.05, 0.1) is 11.2 Å². The monoisotopic (exact) mass is 210 g/mol. The molecule has 0 unspecified atom stereocenters. The Morgan fingerprint density at radius 1 is 1.57 bits per heavy atom. The highest BCUT2D eigenvalue weighted by atomic mass is 32.1. The van der Waals surface area contributed by atoms with Gasteiger partial charge in [-0.3, -0.25) is 0 Å². The second-order valence-corrected chi connectivity index (χ2v) is 5.69. The predicted octanol–water partition coefficient (Wildman–Crippen LogP) is 2.46. The molecule has 1 heterocycles. The van der Waals surface area contributed by atoms with Crippen molar-refractivity contribution in [2.75, 3.05) is 6.54 Å². The number of thiazole rings is 1. The molecule has 0 atom stereocenters. The van der Waals surface area contributed by atoms with Crippen molar-refractivity contribution in [3.05, 3.63) is 16.6 Å². The minimum Gasteiger partial charge on any atom is -0.313 e. The summed E-state index contributed by atoms with van der Waals surface area (Å²) in [5, 5.41) is 5.74. The Morgan fingerprint density at radius 2 is 2.36 bits per heavy atom. The first-order valence-electron chi connectivity index (χ1n) is 5.26. The van der Waals surface area contributed by atoms with Crippen LogP contribution in [0.4, 0.5) is 0 Å². The minimum atomic E-state index is 0.330. The third-order valence-electron chi connectivity index (χ3n) is 2.59. The number of rotatable bonds is 5. The molecule has 0 radical (unpaired) electrons. The van der Waals surface area contributed by atoms with E-state index >= 15 is 0 Å². The smallest absolute Gasteiger partial charge is 0.0794 e. The maximum atomic E-state index is 4.33. The van der Waals surface area contributed by atoms with Crippen molar-refractivity contribution in [3.63, 3.8) is 0 Å². The lowest BCUT2D eigenvalue weighted by Crippen LogP contribution is -2.32. The molecule has 1 fully saturated rings. The van der Waals surface area contributed by atoms with Crippen LogP contribution in [0.15, 0.2) is 10.9 Å². The zero-order valence-electron chi connectivity index (χ0n) is 8.92. The highest BCUT2D eigenvalue weighted by molar-refractivity contribution is 7.07. The summed E-state index contributed by atoms with van der Waals surface area (Å²) < 4.78 is 0. The molecule has 78 valence electrons. The van der Waals surface area contributed by atoms with Crippen LogP contribution in [0.1, 0.15) is 32.4 Å². The van der Waals surface area contributed by atoms with Crippen LogP contribution >= 0.6 is 11.3 Å². The van der Waals surface area contributed by atoms with E-state index in [4.69, 9.17) is 0 Å². The van der Waals surface area contributed by atoms with Gasteiger partial charge in [0.15, 0.2) is 0 Å². The van der Waals surface area contributed by atoms with E-state index in [1.54, 1.807) is 11.3 Å². The number of nitrogens with zero attached hydrogens (tertiary/aromatic N) is 1. The molecular weight excluding hydrogens is 192 g/mol. The van der Waals surface area contributed by atoms with Gasteiger partial charge in [0.2, 0.25) is 0 Å². The van der Waals surface area contributed by atoms with Gasteiger partial charge in [-0.25, -0.2) is 4.98 Å². The first kappa shape index (κ1) is 10.1. The fraction of sp³-hybridized carbons (Fsp3) is 0.727. The molecule has 1 aliphatic carbocycles. The zero-order valence-corrected chi connectivity index (χ0v) is 9.73. The largest absolute Gasteiger partial charge is 0.313 e. The van der Waals surface area contributed by atoms with Gasteiger partial charge in [-0.15, -0.1) is 11.3 Å². The number of hydrogen-bond donors (Lipinski definition) is 1. The normalized spacial score (nSPS) is 17.3. The molecule has 2 rings (SSSR count). The molecule has 0 aliphatic heterocycles. The number of hydrogen-bond acceptors (Lipinski definition) is 3. The van der Waals surface area contributed by atoms with E-state index in [9.17, 15) is 0 Å². The summed E-state index contributed by atoms with van der Waals surface area (Å²) in [6, 6.07) is 0.810. The average molecular weight is 210 g/mol. The summed E-state index contributed by atoms with van der Waals surface area (Å²) in [5.41, 5.74) is 3.48. The Hall–Kier alpha value is -0.410. The molecule has 0 bridgehead atoms. The molecule has 0 saturated heterocycles. The average Bonchev–Trinajstić information content (AvgIpc) is 2.82. The van der Waals surface area contributed by atoms with Crippen LogP contribution in [0.25, 0.3) is 0 Å². The molecule has 1 aromatic rings. The van der Waals surface area contributed by atoms with Crippen molar-refractivity contribution >= 4 is 11.3 Å². The quantitative estimate of drug-likeness (QED) is 0.807. The number of nitrogens with one attached hydrogen (secondary N) is 1. The standard InChI is InChI=1S/C11H18N2S/c1-11(2,7-12-9-3-4-9)5-10-6-14-8-13-10/h6,8-9,12H,3-5,7H2,1-2H3. The molecule has 0 amide bonds. The second-order valence-electron chi connectivity index (χ2n) is 4.98. The van der Waals surface area contributed by atoms with Crippen LogP contribution in [-0.4, -0.2) is 17.6 Å². The van der Waals surface area contributed by atoms with E-state index in [1.165, 1.54) is 18.5 Å². The Bertz CT molecular complexity index is 275. The topological polar surface area (TPSA) is 24.9 Å². The fourth-order valence-electron chi connectivity index (χ4n) is 1.59. The van der Waals surface area contributed by atoms with E-state index in [2.05, 4.69) is 29.5 Å². The van der Waals surface area contributed by atoms with E-state index in [0.29, 0.717) is 5.41 Å². The van der Waals surface area contributed by atoms with Crippen molar-refractivity contribution in [2.24, 2.45) is 5.41 Å². The summed E-state index contributed by atoms with van der Waals surface area (Å²) in [6.07, 6.45) is 3.82. The molecule has 0 aromatic carbocycles. The van der Waals surface area contributed by atoms with Crippen LogP contribution < -0.4 is 5.32 Å². The molecule has 2 nitrogen and oxygen atoms in total. The molecule has 3 heteroatoms. The SMILES string of the molecule is CC(C)(CNC1CC1)Cc1cscn1. The van der Waals surface area contributed by atoms with Gasteiger partial charge >= 0.3 is 0 Å². The Kier molecular flexibility index (Phi) is 2.88. The van der Waals surface area contributed by atoms with Crippen molar-refractivity contribution in [1.29, 1.82) is 0 Å². The molecule has 1 aliphatic rings. The zero-order chi connectivity index (χ0) is 10.0. The van der Waals surface area contributed by atoms with Crippen LogP contribution in [-0.2, 0) is 6.42 Å². The Morgan fingerprint density at radius 3 is 2.93 bits per heavy atom. The van der Waals surface area contributed by atoms with Crippen molar-refractivity contribution in [1.82, 2.24) is 10.3 Å². The summed E-state index contributed by atoms with van der Waals surface area (Å²) in [6.45, 7) is 5.72. The lowest BCUT2D eigenvalue weighted by molar-refractivity contribution is 0.334. The van der Waals surface area contributed by atoms with Gasteiger partial charge < -0.3 is 5.32 Å². The lowest BCUT2D eigenvalue weighted by atomic mass is 9.88. The summed E-state index contributed by atoms with van der Waals surface area (Å²) >= 11 is 1.69. The third kappa shape index (κ3) is 3.07. The maximum absolute atomic E-state index is 4.33. The van der Waals surface area contributed by atoms with Gasteiger partial charge in [0.1, 0.15) is 0 Å². The van der Waals surface area contributed by atoms with Gasteiger partial charge in [0.25, 0.3) is 0 Å². The Balaban J connectivity index is 1.81. The summed E-state index contributed by atoms with van der Waals surface area (Å²) in [7, 11) is 0. The summed E-state index contributed by atoms with van der Waals surface area (Å²) in [5.74, 6) is 0. The molecule has 1 N–H and O–H groups in total. The fourth-order valence-corrected chi connectivity index (χ4v) is 2.14. The molecular formula is C11H18N2S. The predicted molar refractivity (Wildman–Crippen MR) is 60.6 cm³/mol. The van der Waals surface area contributed by atoms with Gasteiger partial charge in [0, 0.05) is 18.0 Å². The van der Waals surface area contributed by atoms with E-state index in [0.717, 1.165) is 19.0 Å². The van der Waals surface area contributed by atoms with Crippen LogP contribution in [0.3, 0.4) is 0 Å². The van der Waals surface area contributed by atoms with Gasteiger partial charge in [-0.05, 0) is 24.7 Å². The highest BCUT2D eigenvalue weighted by Crippen LogP contribution is 2.24. The second kappa shape index (κ2) is 3.99. The van der Waals surface area contributed by atoms with E-state index in [-0.39, 0.29) is 0 Å². The first-order valence-corrected chi connectivity index (χ1v) is 6.20. The lowest BCUT2D eigenvalue weighted by Gasteiger charge is -2.24. The third-order valence-corrected chi connectivity index (χ3v) is 3.23. The van der Waals surface area contributed by atoms with Crippen molar-refractivity contribution < 1.29 is 0 Å². The van der Waals surface area contributed by atoms with Crippen LogP contribution in [0.5, 0.6) is 0 Å².